The zero-order valence-electron chi connectivity index (χ0n) is 45.4. The summed E-state index contributed by atoms with van der Waals surface area (Å²) in [5.41, 5.74) is 0. The van der Waals surface area contributed by atoms with Crippen molar-refractivity contribution in [2.24, 2.45) is 13.5 Å². The lowest BCUT2D eigenvalue weighted by Crippen LogP contribution is -2.54. The number of hydrogen-bond acceptors (Lipinski definition) is 33. The zero-order valence-corrected chi connectivity index (χ0v) is 48.1. The first-order chi connectivity index (χ1) is 37.0. The van der Waals surface area contributed by atoms with Crippen LogP contribution in [-0.2, 0) is 114 Å². The lowest BCUT2D eigenvalue weighted by molar-refractivity contribution is -0.159. The highest BCUT2D eigenvalue weighted by Gasteiger charge is 2.52. The van der Waals surface area contributed by atoms with Crippen molar-refractivity contribution in [1.82, 2.24) is 30.5 Å². The molecule has 0 aromatic carbocycles. The SMILES string of the molecule is CCOC(=O)C(NP1(NC(C(=O)OCC)C(=O)OCC)=NP(NC(C(=O)OCC)C(=O)OCC)(NC(C(=O)OCC)C(=O)OCC)=NP(NC(C(=O)OCC)C(=O)OCC)(NC(C(=O)OCC)C(=O)OCC)=N1)C(=O)OCC. The van der Waals surface area contributed by atoms with Crippen LogP contribution in [0.15, 0.2) is 13.5 Å². The lowest BCUT2D eigenvalue weighted by atomic mass is 10.3. The third-order valence-electron chi connectivity index (χ3n) is 8.90. The summed E-state index contributed by atoms with van der Waals surface area (Å²) in [4.78, 5) is 170. The fraction of sp³-hybridized carbons (Fsp3) is 0.714. The third-order valence-corrected chi connectivity index (χ3v) is 18.8. The number of ether oxygens (including phenoxy) is 12. The number of carbonyl (C=O) groups excluding carboxylic acids is 12. The molecule has 1 rings (SSSR count). The molecule has 444 valence electrons. The Morgan fingerprint density at radius 2 is 0.321 bits per heavy atom. The summed E-state index contributed by atoms with van der Waals surface area (Å²) in [6.45, 7) is 10.6. The van der Waals surface area contributed by atoms with Gasteiger partial charge < -0.3 is 56.8 Å². The zero-order chi connectivity index (χ0) is 59.2. The van der Waals surface area contributed by atoms with E-state index in [-0.39, 0.29) is 0 Å². The maximum Gasteiger partial charge on any atom is 0.335 e. The van der Waals surface area contributed by atoms with Gasteiger partial charge in [-0.05, 0) is 83.1 Å². The first-order valence-electron chi connectivity index (χ1n) is 24.6. The molecule has 0 radical (unpaired) electrons. The molecule has 36 heteroatoms. The van der Waals surface area contributed by atoms with Crippen molar-refractivity contribution in [3.63, 3.8) is 0 Å². The van der Waals surface area contributed by atoms with E-state index in [0.29, 0.717) is 0 Å². The van der Waals surface area contributed by atoms with E-state index in [0.717, 1.165) is 0 Å². The molecule has 0 aromatic heterocycles. The van der Waals surface area contributed by atoms with Crippen LogP contribution >= 0.6 is 22.5 Å². The van der Waals surface area contributed by atoms with Crippen LogP contribution in [-0.4, -0.2) is 187 Å². The molecule has 0 saturated carbocycles. The summed E-state index contributed by atoms with van der Waals surface area (Å²) in [7, 11) is -16.7. The van der Waals surface area contributed by atoms with Crippen LogP contribution < -0.4 is 30.5 Å². The molecule has 0 amide bonds. The minimum Gasteiger partial charge on any atom is -0.464 e. The van der Waals surface area contributed by atoms with Crippen molar-refractivity contribution in [3.8, 4) is 0 Å². The lowest BCUT2D eigenvalue weighted by Gasteiger charge is -2.41. The van der Waals surface area contributed by atoms with Gasteiger partial charge in [0.15, 0.2) is 0 Å². The first kappa shape index (κ1) is 70.1. The largest absolute Gasteiger partial charge is 0.464 e. The predicted molar refractivity (Wildman–Crippen MR) is 269 cm³/mol. The van der Waals surface area contributed by atoms with E-state index in [9.17, 15) is 57.5 Å². The van der Waals surface area contributed by atoms with Crippen LogP contribution in [0, 0.1) is 0 Å². The van der Waals surface area contributed by atoms with Crippen molar-refractivity contribution < 1.29 is 114 Å². The standard InChI is InChI=1S/C42H72N9O24P3/c1-13-64-31(52)25(32(53)65-14-2)43-76(44-26(33(54)66-15-3)34(55)67-16-4)49-77(45-27(35(56)68-17-5)36(57)69-18-6,46-28(37(58)70-19-7)38(59)71-20-8)51-78(50-76,47-29(39(60)72-21-9)40(61)73-22-10)48-30(41(62)74-23-11)42(63)75-24-12/h25-30,43-48H,13-24H2,1-12H3. The number of esters is 12. The highest BCUT2D eigenvalue weighted by molar-refractivity contribution is 7.83. The number of carbonyl (C=O) groups is 12. The van der Waals surface area contributed by atoms with Gasteiger partial charge >= 0.3 is 71.6 Å². The van der Waals surface area contributed by atoms with Gasteiger partial charge in [0.05, 0.1) is 79.3 Å². The van der Waals surface area contributed by atoms with Crippen molar-refractivity contribution >= 4 is 94.2 Å². The molecule has 1 aliphatic rings. The van der Waals surface area contributed by atoms with Gasteiger partial charge in [0.2, 0.25) is 58.8 Å². The van der Waals surface area contributed by atoms with Gasteiger partial charge in [-0.25, -0.2) is 88.1 Å². The third kappa shape index (κ3) is 21.0. The molecule has 1 aliphatic heterocycles. The van der Waals surface area contributed by atoms with E-state index in [1.165, 1.54) is 83.1 Å². The van der Waals surface area contributed by atoms with Crippen LogP contribution in [0.1, 0.15) is 83.1 Å². The maximum absolute atomic E-state index is 14.1. The number of nitrogens with one attached hydrogen (secondary N) is 6. The molecule has 0 spiro atoms. The van der Waals surface area contributed by atoms with E-state index in [1.807, 2.05) is 0 Å². The monoisotopic (exact) mass is 1180 g/mol. The van der Waals surface area contributed by atoms with Crippen LogP contribution in [0.25, 0.3) is 0 Å². The van der Waals surface area contributed by atoms with E-state index in [2.05, 4.69) is 30.5 Å². The summed E-state index contributed by atoms with van der Waals surface area (Å²) >= 11 is 0. The van der Waals surface area contributed by atoms with Gasteiger partial charge in [-0.1, -0.05) is 0 Å². The Labute approximate surface area is 450 Å². The van der Waals surface area contributed by atoms with Crippen LogP contribution in [0.3, 0.4) is 0 Å². The smallest absolute Gasteiger partial charge is 0.335 e. The second kappa shape index (κ2) is 35.6. The predicted octanol–water partition coefficient (Wildman–Crippen LogP) is 0.345. The molecule has 6 N–H and O–H groups in total. The Morgan fingerprint density at radius 3 is 0.397 bits per heavy atom. The number of rotatable bonds is 36. The molecule has 0 bridgehead atoms. The Bertz CT molecular complexity index is 1810. The van der Waals surface area contributed by atoms with Gasteiger partial charge in [-0.3, -0.25) is 0 Å². The Hall–Kier alpha value is -5.91. The summed E-state index contributed by atoms with van der Waals surface area (Å²) in [5, 5.41) is 15.1. The fourth-order valence-corrected chi connectivity index (χ4v) is 18.1. The van der Waals surface area contributed by atoms with E-state index in [4.69, 9.17) is 70.4 Å². The summed E-state index contributed by atoms with van der Waals surface area (Å²) in [6, 6.07) is -15.2. The highest BCUT2D eigenvalue weighted by Crippen LogP contribution is 2.72. The van der Waals surface area contributed by atoms with Gasteiger partial charge in [-0.2, -0.15) is 13.5 Å². The molecule has 0 aliphatic carbocycles. The molecular weight excluding hydrogens is 1110 g/mol. The average molecular weight is 1180 g/mol. The van der Waals surface area contributed by atoms with Crippen LogP contribution in [0.4, 0.5) is 0 Å². The van der Waals surface area contributed by atoms with Gasteiger partial charge in [0.1, 0.15) is 0 Å². The maximum atomic E-state index is 14.1. The van der Waals surface area contributed by atoms with Crippen LogP contribution in [0.5, 0.6) is 0 Å². The molecular formula is C42H72N9O24P3. The van der Waals surface area contributed by atoms with Crippen molar-refractivity contribution in [2.45, 2.75) is 119 Å². The van der Waals surface area contributed by atoms with Crippen molar-refractivity contribution in [1.29, 1.82) is 0 Å². The molecule has 0 aromatic rings. The fourth-order valence-electron chi connectivity index (χ4n) is 6.03. The molecule has 0 atom stereocenters. The average Bonchev–Trinajstić information content (AvgIpc) is 3.37. The quantitative estimate of drug-likeness (QED) is 0.0213. The Kier molecular flexibility index (Phi) is 32.0. The van der Waals surface area contributed by atoms with E-state index in [1.54, 1.807) is 0 Å². The molecule has 78 heavy (non-hydrogen) atoms. The second-order valence-electron chi connectivity index (χ2n) is 14.5. The molecule has 33 nitrogen and oxygen atoms in total. The van der Waals surface area contributed by atoms with Crippen molar-refractivity contribution in [3.05, 3.63) is 0 Å². The summed E-state index contributed by atoms with van der Waals surface area (Å²) in [5.74, 6) is -18.0. The molecule has 0 fully saturated rings. The minimum atomic E-state index is -5.56. The Balaban J connectivity index is 5.80. The highest BCUT2D eigenvalue weighted by atomic mass is 31.3. The van der Waals surface area contributed by atoms with Crippen LogP contribution in [0.2, 0.25) is 0 Å². The molecule has 1 heterocycles. The van der Waals surface area contributed by atoms with Gasteiger partial charge in [0, 0.05) is 0 Å². The summed E-state index contributed by atoms with van der Waals surface area (Å²) < 4.78 is 77.0. The normalized spacial score (nSPS) is 13.9. The minimum absolute atomic E-state index is 0.448. The second-order valence-corrected chi connectivity index (χ2v) is 21.8. The van der Waals surface area contributed by atoms with E-state index >= 15 is 0 Å². The number of hydrogen-bond donors (Lipinski definition) is 6. The molecule has 0 saturated heterocycles. The van der Waals surface area contributed by atoms with Gasteiger partial charge in [0.25, 0.3) is 0 Å². The van der Waals surface area contributed by atoms with Crippen molar-refractivity contribution in [2.75, 3.05) is 79.3 Å². The first-order valence-corrected chi connectivity index (χ1v) is 29.7. The number of nitrogens with zero attached hydrogens (tertiary/aromatic N) is 3. The Morgan fingerprint density at radius 1 is 0.231 bits per heavy atom. The topological polar surface area (TPSA) is 425 Å². The molecule has 0 unspecified atom stereocenters. The van der Waals surface area contributed by atoms with E-state index < -0.39 is 210 Å². The van der Waals surface area contributed by atoms with Gasteiger partial charge in [-0.15, -0.1) is 0 Å². The summed E-state index contributed by atoms with van der Waals surface area (Å²) in [6.07, 6.45) is 0.